The van der Waals surface area contributed by atoms with E-state index in [1.165, 1.54) is 22.2 Å². The summed E-state index contributed by atoms with van der Waals surface area (Å²) >= 11 is 0. The largest absolute Gasteiger partial charge is 0.449 e. The van der Waals surface area contributed by atoms with Gasteiger partial charge in [-0.25, -0.2) is 13.6 Å². The third-order valence-electron chi connectivity index (χ3n) is 9.64. The van der Waals surface area contributed by atoms with Gasteiger partial charge in [0.25, 0.3) is 11.8 Å². The lowest BCUT2D eigenvalue weighted by Gasteiger charge is -2.46. The van der Waals surface area contributed by atoms with Gasteiger partial charge < -0.3 is 14.2 Å². The second-order valence-electron chi connectivity index (χ2n) is 12.7. The first kappa shape index (κ1) is 31.9. The number of alkyl halides is 5. The highest BCUT2D eigenvalue weighted by molar-refractivity contribution is 6.10. The van der Waals surface area contributed by atoms with Gasteiger partial charge in [-0.1, -0.05) is 25.5 Å². The Bertz CT molecular complexity index is 1640. The maximum atomic E-state index is 14.6. The fourth-order valence-corrected chi connectivity index (χ4v) is 6.97. The van der Waals surface area contributed by atoms with Crippen LogP contribution in [0, 0.1) is 0 Å². The number of rotatable bonds is 9. The van der Waals surface area contributed by atoms with Crippen molar-refractivity contribution in [2.24, 2.45) is 7.05 Å². The van der Waals surface area contributed by atoms with Crippen molar-refractivity contribution in [2.45, 2.75) is 94.9 Å². The van der Waals surface area contributed by atoms with Crippen LogP contribution in [0.15, 0.2) is 42.7 Å². The van der Waals surface area contributed by atoms with E-state index in [1.54, 1.807) is 42.8 Å². The molecule has 1 unspecified atom stereocenters. The predicted octanol–water partition coefficient (Wildman–Crippen LogP) is 7.56. The number of unbranched alkanes of at least 4 members (excludes halogenated alkanes) is 1. The number of fused-ring (bicyclic) bond motifs is 1. The summed E-state index contributed by atoms with van der Waals surface area (Å²) in [5, 5.41) is 7.96. The normalized spacial score (nSPS) is 19.3. The third kappa shape index (κ3) is 5.51. The standard InChI is InChI=1S/C33H36F5N5O3/c1-4-5-12-46-30(45)43(23-9-7-10-23)20(2)21-13-25-26(27(14-21)33(36,37)38)16-42(28(25)44)24-11-6-8-22(15-24)31(17-32(34,35)18-31)29-40-39-19-41(29)3/h6,8,11,13-15,19-20,23H,4-5,7,9-10,12,16-18H2,1-3H3. The minimum atomic E-state index is -4.77. The molecule has 0 spiro atoms. The van der Waals surface area contributed by atoms with Crippen molar-refractivity contribution < 1.29 is 36.3 Å². The summed E-state index contributed by atoms with van der Waals surface area (Å²) in [6.45, 7) is 3.48. The number of nitrogens with zero attached hydrogens (tertiary/aromatic N) is 5. The van der Waals surface area contributed by atoms with Crippen molar-refractivity contribution in [1.29, 1.82) is 0 Å². The quantitative estimate of drug-likeness (QED) is 0.177. The monoisotopic (exact) mass is 645 g/mol. The van der Waals surface area contributed by atoms with Crippen LogP contribution in [-0.2, 0) is 29.9 Å². The Hall–Kier alpha value is -4.03. The molecule has 3 aliphatic rings. The lowest BCUT2D eigenvalue weighted by Crippen LogP contribution is -2.51. The second-order valence-corrected chi connectivity index (χ2v) is 12.7. The molecule has 246 valence electrons. The first-order valence-corrected chi connectivity index (χ1v) is 15.6. The average molecular weight is 646 g/mol. The van der Waals surface area contributed by atoms with Crippen LogP contribution < -0.4 is 4.90 Å². The number of ether oxygens (including phenoxy) is 1. The van der Waals surface area contributed by atoms with Crippen LogP contribution in [0.2, 0.25) is 0 Å². The maximum absolute atomic E-state index is 14.6. The van der Waals surface area contributed by atoms with E-state index in [2.05, 4.69) is 10.2 Å². The molecule has 3 aromatic rings. The average Bonchev–Trinajstić information content (AvgIpc) is 3.55. The molecule has 0 radical (unpaired) electrons. The van der Waals surface area contributed by atoms with Gasteiger partial charge in [0, 0.05) is 37.2 Å². The van der Waals surface area contributed by atoms with Crippen molar-refractivity contribution in [3.8, 4) is 0 Å². The second kappa shape index (κ2) is 11.6. The molecule has 0 bridgehead atoms. The van der Waals surface area contributed by atoms with E-state index in [1.807, 2.05) is 6.92 Å². The predicted molar refractivity (Wildman–Crippen MR) is 159 cm³/mol. The van der Waals surface area contributed by atoms with Gasteiger partial charge in [0.15, 0.2) is 0 Å². The summed E-state index contributed by atoms with van der Waals surface area (Å²) < 4.78 is 79.4. The van der Waals surface area contributed by atoms with Crippen LogP contribution in [0.1, 0.15) is 103 Å². The number of hydrogen-bond donors (Lipinski definition) is 0. The molecule has 2 aromatic carbocycles. The zero-order chi connectivity index (χ0) is 33.0. The smallest absolute Gasteiger partial charge is 0.416 e. The summed E-state index contributed by atoms with van der Waals surface area (Å²) in [4.78, 5) is 29.7. The number of carbonyl (C=O) groups excluding carboxylic acids is 2. The van der Waals surface area contributed by atoms with E-state index in [-0.39, 0.29) is 41.6 Å². The van der Waals surface area contributed by atoms with Crippen LogP contribution >= 0.6 is 0 Å². The third-order valence-corrected chi connectivity index (χ3v) is 9.64. The van der Waals surface area contributed by atoms with Crippen molar-refractivity contribution in [1.82, 2.24) is 19.7 Å². The van der Waals surface area contributed by atoms with Gasteiger partial charge in [0.1, 0.15) is 12.2 Å². The molecule has 0 N–H and O–H groups in total. The number of benzene rings is 2. The van der Waals surface area contributed by atoms with Crippen LogP contribution in [0.3, 0.4) is 0 Å². The molecule has 2 fully saturated rings. The number of aryl methyl sites for hydroxylation is 1. The van der Waals surface area contributed by atoms with Crippen molar-refractivity contribution in [2.75, 3.05) is 11.5 Å². The lowest BCUT2D eigenvalue weighted by molar-refractivity contribution is -0.138. The zero-order valence-corrected chi connectivity index (χ0v) is 25.9. The zero-order valence-electron chi connectivity index (χ0n) is 25.9. The molecule has 2 saturated carbocycles. The summed E-state index contributed by atoms with van der Waals surface area (Å²) in [5.74, 6) is -3.22. The highest BCUT2D eigenvalue weighted by Crippen LogP contribution is 2.57. The molecular formula is C33H36F5N5O3. The maximum Gasteiger partial charge on any atom is 0.416 e. The van der Waals surface area contributed by atoms with Crippen molar-refractivity contribution in [3.05, 3.63) is 76.4 Å². The van der Waals surface area contributed by atoms with E-state index in [9.17, 15) is 31.5 Å². The number of carbonyl (C=O) groups is 2. The first-order valence-electron chi connectivity index (χ1n) is 15.6. The molecule has 13 heteroatoms. The summed E-state index contributed by atoms with van der Waals surface area (Å²) in [6, 6.07) is 7.96. The molecule has 6 rings (SSSR count). The first-order chi connectivity index (χ1) is 21.8. The van der Waals surface area contributed by atoms with Crippen LogP contribution in [0.4, 0.5) is 32.4 Å². The molecule has 8 nitrogen and oxygen atoms in total. The van der Waals surface area contributed by atoms with Crippen LogP contribution in [0.5, 0.6) is 0 Å². The van der Waals surface area contributed by atoms with E-state index in [0.717, 1.165) is 31.7 Å². The molecule has 1 atom stereocenters. The minimum Gasteiger partial charge on any atom is -0.449 e. The molecule has 0 saturated heterocycles. The number of anilines is 1. The van der Waals surface area contributed by atoms with Gasteiger partial charge in [-0.05, 0) is 73.6 Å². The Morgan fingerprint density at radius 2 is 1.91 bits per heavy atom. The van der Waals surface area contributed by atoms with E-state index in [0.29, 0.717) is 17.8 Å². The molecule has 46 heavy (non-hydrogen) atoms. The van der Waals surface area contributed by atoms with Gasteiger partial charge >= 0.3 is 12.3 Å². The van der Waals surface area contributed by atoms with Gasteiger partial charge in [0.05, 0.1) is 30.2 Å². The summed E-state index contributed by atoms with van der Waals surface area (Å²) in [5.41, 5.74) is -1.44. The van der Waals surface area contributed by atoms with Crippen molar-refractivity contribution >= 4 is 17.7 Å². The van der Waals surface area contributed by atoms with Crippen LogP contribution in [-0.4, -0.2) is 50.2 Å². The highest BCUT2D eigenvalue weighted by atomic mass is 19.4. The van der Waals surface area contributed by atoms with Crippen LogP contribution in [0.25, 0.3) is 0 Å². The molecule has 1 aromatic heterocycles. The van der Waals surface area contributed by atoms with Gasteiger partial charge in [-0.3, -0.25) is 9.69 Å². The van der Waals surface area contributed by atoms with Gasteiger partial charge in [0.2, 0.25) is 0 Å². The lowest BCUT2D eigenvalue weighted by atomic mass is 9.61. The SMILES string of the molecule is CCCCOC(=O)N(C1CCC1)C(C)c1cc2c(c(C(F)(F)F)c1)CN(c1cccc(C3(c4nncn4C)CC(F)(F)C3)c1)C2=O. The summed E-state index contributed by atoms with van der Waals surface area (Å²) in [7, 11) is 1.66. The van der Waals surface area contributed by atoms with Crippen molar-refractivity contribution in [3.63, 3.8) is 0 Å². The fraction of sp³-hybridized carbons (Fsp3) is 0.515. The number of aromatic nitrogens is 3. The fourth-order valence-electron chi connectivity index (χ4n) is 6.97. The Balaban J connectivity index is 1.35. The molecule has 2 aliphatic carbocycles. The Labute approximate surface area is 263 Å². The van der Waals surface area contributed by atoms with E-state index < -0.39 is 54.0 Å². The minimum absolute atomic E-state index is 0.104. The number of halogens is 5. The van der Waals surface area contributed by atoms with Gasteiger partial charge in [-0.2, -0.15) is 13.2 Å². The number of hydrogen-bond acceptors (Lipinski definition) is 5. The number of amides is 2. The van der Waals surface area contributed by atoms with E-state index in [4.69, 9.17) is 4.74 Å². The van der Waals surface area contributed by atoms with Gasteiger partial charge in [-0.15, -0.1) is 10.2 Å². The highest BCUT2D eigenvalue weighted by Gasteiger charge is 2.60. The molecule has 2 heterocycles. The van der Waals surface area contributed by atoms with E-state index >= 15 is 0 Å². The molecule has 2 amide bonds. The Kier molecular flexibility index (Phi) is 8.08. The summed E-state index contributed by atoms with van der Waals surface area (Å²) in [6.07, 6.45) is -1.13. The Morgan fingerprint density at radius 1 is 1.17 bits per heavy atom. The topological polar surface area (TPSA) is 80.6 Å². The molecular weight excluding hydrogens is 609 g/mol. The Morgan fingerprint density at radius 3 is 2.50 bits per heavy atom. The molecule has 1 aliphatic heterocycles.